The molecule has 0 radical (unpaired) electrons. The Kier molecular flexibility index (Phi) is 3.60. The summed E-state index contributed by atoms with van der Waals surface area (Å²) in [4.78, 5) is 0. The summed E-state index contributed by atoms with van der Waals surface area (Å²) in [6.45, 7) is 6.59. The van der Waals surface area contributed by atoms with E-state index >= 15 is 0 Å². The summed E-state index contributed by atoms with van der Waals surface area (Å²) >= 11 is 0. The van der Waals surface area contributed by atoms with Crippen LogP contribution in [0.3, 0.4) is 0 Å². The number of tetrazole rings is 1. The second kappa shape index (κ2) is 5.16. The Labute approximate surface area is 107 Å². The van der Waals surface area contributed by atoms with Crippen molar-refractivity contribution in [3.8, 4) is 11.4 Å². The van der Waals surface area contributed by atoms with Gasteiger partial charge in [0, 0.05) is 24.3 Å². The average molecular weight is 245 g/mol. The van der Waals surface area contributed by atoms with Crippen molar-refractivity contribution in [2.75, 3.05) is 5.32 Å². The van der Waals surface area contributed by atoms with Gasteiger partial charge in [0.15, 0.2) is 5.82 Å². The lowest BCUT2D eigenvalue weighted by Gasteiger charge is -2.19. The fourth-order valence-electron chi connectivity index (χ4n) is 1.65. The van der Waals surface area contributed by atoms with Gasteiger partial charge in [0.25, 0.3) is 0 Å². The maximum absolute atomic E-state index is 4.02. The Hall–Kier alpha value is -1.91. The zero-order valence-corrected chi connectivity index (χ0v) is 11.3. The van der Waals surface area contributed by atoms with E-state index in [1.165, 1.54) is 0 Å². The highest BCUT2D eigenvalue weighted by molar-refractivity contribution is 5.62. The molecule has 96 valence electrons. The summed E-state index contributed by atoms with van der Waals surface area (Å²) < 4.78 is 1.67. The molecule has 0 fully saturated rings. The molecule has 1 atom stereocenters. The molecule has 2 rings (SSSR count). The number of rotatable bonds is 4. The molecule has 2 aromatic rings. The van der Waals surface area contributed by atoms with Gasteiger partial charge in [0.1, 0.15) is 0 Å². The first-order valence-electron chi connectivity index (χ1n) is 6.17. The van der Waals surface area contributed by atoms with Crippen molar-refractivity contribution in [1.82, 2.24) is 20.2 Å². The molecule has 0 bridgehead atoms. The van der Waals surface area contributed by atoms with Crippen LogP contribution in [0.15, 0.2) is 24.3 Å². The van der Waals surface area contributed by atoms with Gasteiger partial charge in [-0.25, -0.2) is 4.68 Å². The predicted octanol–water partition coefficient (Wildman–Crippen LogP) is 2.33. The molecule has 0 saturated carbocycles. The molecule has 1 aromatic heterocycles. The van der Waals surface area contributed by atoms with Gasteiger partial charge in [-0.15, -0.1) is 5.10 Å². The van der Waals surface area contributed by atoms with Crippen LogP contribution in [0.4, 0.5) is 5.69 Å². The fraction of sp³-hybridized carbons (Fsp3) is 0.462. The van der Waals surface area contributed by atoms with Gasteiger partial charge in [0.05, 0.1) is 0 Å². The zero-order chi connectivity index (χ0) is 13.1. The van der Waals surface area contributed by atoms with E-state index in [4.69, 9.17) is 0 Å². The number of aromatic nitrogens is 4. The van der Waals surface area contributed by atoms with E-state index in [1.54, 1.807) is 4.68 Å². The van der Waals surface area contributed by atoms with Crippen LogP contribution in [0.2, 0.25) is 0 Å². The molecule has 18 heavy (non-hydrogen) atoms. The normalized spacial score (nSPS) is 12.7. The highest BCUT2D eigenvalue weighted by Gasteiger charge is 2.09. The van der Waals surface area contributed by atoms with Crippen LogP contribution in [-0.2, 0) is 7.05 Å². The van der Waals surface area contributed by atoms with Gasteiger partial charge in [-0.1, -0.05) is 26.0 Å². The fourth-order valence-corrected chi connectivity index (χ4v) is 1.65. The molecule has 1 unspecified atom stereocenters. The standard InChI is InChI=1S/C13H19N5/c1-9(2)10(3)14-12-7-5-6-11(8-12)13-15-16-17-18(13)4/h5-10,14H,1-4H3. The summed E-state index contributed by atoms with van der Waals surface area (Å²) in [5.41, 5.74) is 2.11. The molecule has 1 N–H and O–H groups in total. The number of anilines is 1. The van der Waals surface area contributed by atoms with Crippen LogP contribution in [0.25, 0.3) is 11.4 Å². The van der Waals surface area contributed by atoms with E-state index < -0.39 is 0 Å². The number of hydrogen-bond donors (Lipinski definition) is 1. The summed E-state index contributed by atoms with van der Waals surface area (Å²) in [5.74, 6) is 1.36. The second-order valence-electron chi connectivity index (χ2n) is 4.88. The number of nitrogens with zero attached hydrogens (tertiary/aromatic N) is 4. The Morgan fingerprint density at radius 2 is 2.00 bits per heavy atom. The minimum atomic E-state index is 0.429. The zero-order valence-electron chi connectivity index (χ0n) is 11.3. The highest BCUT2D eigenvalue weighted by atomic mass is 15.5. The Morgan fingerprint density at radius 3 is 2.61 bits per heavy atom. The van der Waals surface area contributed by atoms with Crippen molar-refractivity contribution in [3.05, 3.63) is 24.3 Å². The number of benzene rings is 1. The quantitative estimate of drug-likeness (QED) is 0.898. The lowest BCUT2D eigenvalue weighted by Crippen LogP contribution is -2.21. The molecular weight excluding hydrogens is 226 g/mol. The third-order valence-electron chi connectivity index (χ3n) is 3.14. The number of nitrogens with one attached hydrogen (secondary N) is 1. The van der Waals surface area contributed by atoms with Gasteiger partial charge < -0.3 is 5.32 Å². The third kappa shape index (κ3) is 2.67. The topological polar surface area (TPSA) is 55.6 Å². The first-order valence-corrected chi connectivity index (χ1v) is 6.17. The molecule has 5 heteroatoms. The Bertz CT molecular complexity index is 518. The molecule has 0 spiro atoms. The van der Waals surface area contributed by atoms with Crippen LogP contribution >= 0.6 is 0 Å². The first kappa shape index (κ1) is 12.5. The van der Waals surface area contributed by atoms with Crippen LogP contribution in [0, 0.1) is 5.92 Å². The highest BCUT2D eigenvalue weighted by Crippen LogP contribution is 2.20. The Balaban J connectivity index is 2.23. The summed E-state index contributed by atoms with van der Waals surface area (Å²) in [6, 6.07) is 8.59. The van der Waals surface area contributed by atoms with Crippen LogP contribution < -0.4 is 5.32 Å². The van der Waals surface area contributed by atoms with E-state index in [0.717, 1.165) is 17.1 Å². The number of hydrogen-bond acceptors (Lipinski definition) is 4. The molecule has 0 aliphatic rings. The second-order valence-corrected chi connectivity index (χ2v) is 4.88. The van der Waals surface area contributed by atoms with Gasteiger partial charge in [-0.05, 0) is 35.4 Å². The van der Waals surface area contributed by atoms with E-state index in [9.17, 15) is 0 Å². The van der Waals surface area contributed by atoms with E-state index in [2.05, 4.69) is 53.7 Å². The van der Waals surface area contributed by atoms with Crippen molar-refractivity contribution in [1.29, 1.82) is 0 Å². The number of aryl methyl sites for hydroxylation is 1. The van der Waals surface area contributed by atoms with Crippen molar-refractivity contribution >= 4 is 5.69 Å². The van der Waals surface area contributed by atoms with Crippen LogP contribution in [-0.4, -0.2) is 26.2 Å². The smallest absolute Gasteiger partial charge is 0.181 e. The van der Waals surface area contributed by atoms with E-state index in [-0.39, 0.29) is 0 Å². The largest absolute Gasteiger partial charge is 0.382 e. The maximum atomic E-state index is 4.02. The lowest BCUT2D eigenvalue weighted by molar-refractivity contribution is 0.560. The van der Waals surface area contributed by atoms with Crippen molar-refractivity contribution < 1.29 is 0 Å². The summed E-state index contributed by atoms with van der Waals surface area (Å²) in [7, 11) is 1.84. The minimum Gasteiger partial charge on any atom is -0.382 e. The third-order valence-corrected chi connectivity index (χ3v) is 3.14. The van der Waals surface area contributed by atoms with Crippen molar-refractivity contribution in [2.45, 2.75) is 26.8 Å². The van der Waals surface area contributed by atoms with Crippen LogP contribution in [0.5, 0.6) is 0 Å². The van der Waals surface area contributed by atoms with Gasteiger partial charge in [-0.2, -0.15) is 0 Å². The van der Waals surface area contributed by atoms with Crippen LogP contribution in [0.1, 0.15) is 20.8 Å². The van der Waals surface area contributed by atoms with Gasteiger partial charge in [-0.3, -0.25) is 0 Å². The monoisotopic (exact) mass is 245 g/mol. The van der Waals surface area contributed by atoms with Gasteiger partial charge >= 0.3 is 0 Å². The summed E-state index contributed by atoms with van der Waals surface area (Å²) in [6.07, 6.45) is 0. The van der Waals surface area contributed by atoms with Gasteiger partial charge in [0.2, 0.25) is 0 Å². The minimum absolute atomic E-state index is 0.429. The molecule has 0 aliphatic carbocycles. The molecule has 5 nitrogen and oxygen atoms in total. The molecular formula is C13H19N5. The molecule has 1 aromatic carbocycles. The average Bonchev–Trinajstić information content (AvgIpc) is 2.75. The maximum Gasteiger partial charge on any atom is 0.181 e. The molecule has 0 saturated heterocycles. The van der Waals surface area contributed by atoms with E-state index in [1.807, 2.05) is 19.2 Å². The first-order chi connectivity index (χ1) is 8.58. The van der Waals surface area contributed by atoms with Crippen molar-refractivity contribution in [3.63, 3.8) is 0 Å². The predicted molar refractivity (Wildman–Crippen MR) is 72.2 cm³/mol. The van der Waals surface area contributed by atoms with Crippen molar-refractivity contribution in [2.24, 2.45) is 13.0 Å². The Morgan fingerprint density at radius 1 is 1.22 bits per heavy atom. The SMILES string of the molecule is CC(C)C(C)Nc1cccc(-c2nnnn2C)c1. The summed E-state index contributed by atoms with van der Waals surface area (Å²) in [5, 5.41) is 15.0. The molecule has 0 aliphatic heterocycles. The molecule has 0 amide bonds. The lowest BCUT2D eigenvalue weighted by atomic mass is 10.1. The molecule has 1 heterocycles. The van der Waals surface area contributed by atoms with E-state index in [0.29, 0.717) is 12.0 Å².